The summed E-state index contributed by atoms with van der Waals surface area (Å²) < 4.78 is 65.9. The lowest BCUT2D eigenvalue weighted by atomic mass is 9.77. The highest BCUT2D eigenvalue weighted by molar-refractivity contribution is 7.89. The van der Waals surface area contributed by atoms with Crippen molar-refractivity contribution in [2.75, 3.05) is 44.5 Å². The quantitative estimate of drug-likeness (QED) is 0.529. The van der Waals surface area contributed by atoms with Crippen LogP contribution < -0.4 is 14.2 Å². The topological polar surface area (TPSA) is 105 Å². The van der Waals surface area contributed by atoms with Crippen molar-refractivity contribution in [2.24, 2.45) is 5.92 Å². The van der Waals surface area contributed by atoms with Crippen molar-refractivity contribution >= 4 is 20.0 Å². The molecule has 190 valence electrons. The summed E-state index contributed by atoms with van der Waals surface area (Å²) in [6.45, 7) is 4.64. The minimum atomic E-state index is -3.47. The van der Waals surface area contributed by atoms with Crippen molar-refractivity contribution in [3.8, 4) is 11.5 Å². The number of hydrogen-bond donors (Lipinski definition) is 1. The van der Waals surface area contributed by atoms with E-state index < -0.39 is 20.0 Å². The molecule has 0 aromatic heterocycles. The van der Waals surface area contributed by atoms with Gasteiger partial charge in [0.1, 0.15) is 0 Å². The summed E-state index contributed by atoms with van der Waals surface area (Å²) in [6, 6.07) is 4.35. The summed E-state index contributed by atoms with van der Waals surface area (Å²) in [5.74, 6) is 1.95. The Morgan fingerprint density at radius 2 is 1.88 bits per heavy atom. The monoisotopic (exact) mass is 513 g/mol. The van der Waals surface area contributed by atoms with Gasteiger partial charge in [-0.3, -0.25) is 4.90 Å². The average Bonchev–Trinajstić information content (AvgIpc) is 3.26. The Labute approximate surface area is 202 Å². The highest BCUT2D eigenvalue weighted by Crippen LogP contribution is 2.46. The van der Waals surface area contributed by atoms with Crippen LogP contribution in [0.5, 0.6) is 11.5 Å². The number of ether oxygens (including phenoxy) is 2. The Morgan fingerprint density at radius 3 is 2.68 bits per heavy atom. The van der Waals surface area contributed by atoms with Crippen LogP contribution in [0.4, 0.5) is 0 Å². The Morgan fingerprint density at radius 1 is 1.09 bits per heavy atom. The molecular weight excluding hydrogens is 478 g/mol. The van der Waals surface area contributed by atoms with Crippen LogP contribution in [0.3, 0.4) is 0 Å². The molecule has 0 spiro atoms. The molecule has 11 heteroatoms. The first-order chi connectivity index (χ1) is 16.3. The van der Waals surface area contributed by atoms with Crippen molar-refractivity contribution < 1.29 is 26.3 Å². The molecule has 0 bridgehead atoms. The lowest BCUT2D eigenvalue weighted by Crippen LogP contribution is -2.57. The van der Waals surface area contributed by atoms with Crippen molar-refractivity contribution in [2.45, 2.75) is 57.5 Å². The van der Waals surface area contributed by atoms with Gasteiger partial charge in [-0.1, -0.05) is 6.92 Å². The lowest BCUT2D eigenvalue weighted by Gasteiger charge is -2.51. The van der Waals surface area contributed by atoms with Gasteiger partial charge in [-0.05, 0) is 67.7 Å². The average molecular weight is 514 g/mol. The number of sulfonamides is 2. The summed E-state index contributed by atoms with van der Waals surface area (Å²) >= 11 is 0. The molecule has 34 heavy (non-hydrogen) atoms. The zero-order valence-electron chi connectivity index (χ0n) is 19.7. The van der Waals surface area contributed by atoms with Gasteiger partial charge in [0, 0.05) is 38.3 Å². The highest BCUT2D eigenvalue weighted by atomic mass is 32.2. The van der Waals surface area contributed by atoms with Gasteiger partial charge < -0.3 is 9.47 Å². The van der Waals surface area contributed by atoms with Crippen LogP contribution in [0, 0.1) is 5.92 Å². The molecule has 4 aliphatic heterocycles. The molecule has 5 rings (SSSR count). The van der Waals surface area contributed by atoms with E-state index in [9.17, 15) is 16.8 Å². The number of nitrogens with zero attached hydrogens (tertiary/aromatic N) is 2. The molecular formula is C23H35N3O6S2. The predicted octanol–water partition coefficient (Wildman–Crippen LogP) is 1.85. The second kappa shape index (κ2) is 9.57. The summed E-state index contributed by atoms with van der Waals surface area (Å²) in [5.41, 5.74) is 2.51. The van der Waals surface area contributed by atoms with Crippen LogP contribution in [-0.2, 0) is 26.5 Å². The van der Waals surface area contributed by atoms with E-state index in [1.807, 2.05) is 0 Å². The van der Waals surface area contributed by atoms with Gasteiger partial charge in [-0.2, -0.15) is 4.31 Å². The molecule has 1 N–H and O–H groups in total. The van der Waals surface area contributed by atoms with Gasteiger partial charge in [0.05, 0.1) is 11.5 Å². The standard InChI is InChI=1S/C23H35N3O6S2/c1-2-10-33(27,28)24-7-4-11-34(29,30)26-8-3-5-18-15-25-9-6-17-12-22-23(32-16-31-22)13-19(17)21(25)14-20(18)26/h12-13,18,20-21,24H,2-11,14-16H2,1H3/t18-,20+,21+/m1/s1. The van der Waals surface area contributed by atoms with Crippen LogP contribution in [0.2, 0.25) is 0 Å². The molecule has 9 nitrogen and oxygen atoms in total. The van der Waals surface area contributed by atoms with Crippen LogP contribution in [0.1, 0.15) is 56.2 Å². The van der Waals surface area contributed by atoms with Crippen LogP contribution in [0.25, 0.3) is 0 Å². The SMILES string of the molecule is CCCS(=O)(=O)NCCCS(=O)(=O)N1CCC[C@@H]2CN3CCc4cc5c(cc4[C@@H]3C[C@@H]21)OCO5. The van der Waals surface area contributed by atoms with E-state index >= 15 is 0 Å². The minimum absolute atomic E-state index is 0.0202. The molecule has 3 atom stereocenters. The van der Waals surface area contributed by atoms with E-state index in [0.717, 1.165) is 50.3 Å². The van der Waals surface area contributed by atoms with E-state index in [2.05, 4.69) is 21.8 Å². The number of benzene rings is 1. The molecule has 4 heterocycles. The van der Waals surface area contributed by atoms with Crippen LogP contribution >= 0.6 is 0 Å². The molecule has 4 aliphatic rings. The van der Waals surface area contributed by atoms with Gasteiger partial charge in [0.25, 0.3) is 0 Å². The van der Waals surface area contributed by atoms with E-state index in [-0.39, 0.29) is 43.3 Å². The maximum absolute atomic E-state index is 13.3. The van der Waals surface area contributed by atoms with E-state index in [0.29, 0.717) is 18.9 Å². The van der Waals surface area contributed by atoms with Crippen LogP contribution in [-0.4, -0.2) is 76.6 Å². The maximum atomic E-state index is 13.3. The highest BCUT2D eigenvalue weighted by Gasteiger charge is 2.46. The second-order valence-electron chi connectivity index (χ2n) is 9.86. The fourth-order valence-corrected chi connectivity index (χ4v) is 9.04. The van der Waals surface area contributed by atoms with E-state index in [1.165, 1.54) is 11.1 Å². The minimum Gasteiger partial charge on any atom is -0.454 e. The zero-order chi connectivity index (χ0) is 23.9. The smallest absolute Gasteiger partial charge is 0.231 e. The van der Waals surface area contributed by atoms with Gasteiger partial charge in [-0.15, -0.1) is 0 Å². The third kappa shape index (κ3) is 4.82. The molecule has 1 aromatic rings. The first-order valence-electron chi connectivity index (χ1n) is 12.4. The first-order valence-corrected chi connectivity index (χ1v) is 15.7. The van der Waals surface area contributed by atoms with E-state index in [4.69, 9.17) is 9.47 Å². The van der Waals surface area contributed by atoms with Gasteiger partial charge in [-0.25, -0.2) is 21.6 Å². The summed E-state index contributed by atoms with van der Waals surface area (Å²) in [7, 11) is -6.80. The molecule has 0 aliphatic carbocycles. The molecule has 0 unspecified atom stereocenters. The molecule has 0 saturated carbocycles. The fourth-order valence-electron chi connectivity index (χ4n) is 6.08. The third-order valence-corrected chi connectivity index (χ3v) is 11.2. The second-order valence-corrected chi connectivity index (χ2v) is 13.8. The Balaban J connectivity index is 1.29. The first kappa shape index (κ1) is 24.3. The van der Waals surface area contributed by atoms with E-state index in [1.54, 1.807) is 11.2 Å². The molecule has 0 radical (unpaired) electrons. The summed E-state index contributed by atoms with van der Waals surface area (Å²) in [4.78, 5) is 2.52. The Bertz CT molecular complexity index is 1120. The number of nitrogens with one attached hydrogen (secondary N) is 1. The fraction of sp³-hybridized carbons (Fsp3) is 0.739. The zero-order valence-corrected chi connectivity index (χ0v) is 21.4. The van der Waals surface area contributed by atoms with Crippen LogP contribution in [0.15, 0.2) is 12.1 Å². The lowest BCUT2D eigenvalue weighted by molar-refractivity contribution is 0.0219. The normalized spacial score (nSPS) is 27.1. The van der Waals surface area contributed by atoms with Crippen molar-refractivity contribution in [3.05, 3.63) is 23.3 Å². The summed E-state index contributed by atoms with van der Waals surface area (Å²) in [6.07, 6.45) is 4.48. The third-order valence-electron chi connectivity index (χ3n) is 7.63. The van der Waals surface area contributed by atoms with Crippen molar-refractivity contribution in [1.29, 1.82) is 0 Å². The Kier molecular flexibility index (Phi) is 6.84. The maximum Gasteiger partial charge on any atom is 0.231 e. The van der Waals surface area contributed by atoms with Crippen molar-refractivity contribution in [3.63, 3.8) is 0 Å². The van der Waals surface area contributed by atoms with Gasteiger partial charge in [0.2, 0.25) is 26.8 Å². The number of piperidine rings is 2. The molecule has 1 aromatic carbocycles. The van der Waals surface area contributed by atoms with Gasteiger partial charge in [0.15, 0.2) is 11.5 Å². The van der Waals surface area contributed by atoms with Crippen molar-refractivity contribution in [1.82, 2.24) is 13.9 Å². The number of hydrogen-bond acceptors (Lipinski definition) is 7. The predicted molar refractivity (Wildman–Crippen MR) is 129 cm³/mol. The Hall–Kier alpha value is -1.40. The molecule has 2 saturated heterocycles. The number of fused-ring (bicyclic) bond motifs is 5. The molecule has 2 fully saturated rings. The summed E-state index contributed by atoms with van der Waals surface area (Å²) in [5, 5.41) is 0. The largest absolute Gasteiger partial charge is 0.454 e. The number of rotatable bonds is 8. The van der Waals surface area contributed by atoms with Gasteiger partial charge >= 0.3 is 0 Å². The molecule has 0 amide bonds.